The van der Waals surface area contributed by atoms with E-state index in [4.69, 9.17) is 0 Å². The van der Waals surface area contributed by atoms with Gasteiger partial charge >= 0.3 is 0 Å². The van der Waals surface area contributed by atoms with Crippen molar-refractivity contribution in [1.82, 2.24) is 4.90 Å². The number of benzene rings is 3. The third-order valence-corrected chi connectivity index (χ3v) is 5.57. The highest BCUT2D eigenvalue weighted by Crippen LogP contribution is 2.32. The molecule has 0 radical (unpaired) electrons. The van der Waals surface area contributed by atoms with E-state index in [1.165, 1.54) is 6.07 Å². The number of hydrogen-bond acceptors (Lipinski definition) is 3. The number of nitrogens with one attached hydrogen (secondary N) is 1. The Kier molecular flexibility index (Phi) is 5.42. The van der Waals surface area contributed by atoms with Crippen molar-refractivity contribution < 1.29 is 14.0 Å². The number of anilines is 1. The van der Waals surface area contributed by atoms with Crippen molar-refractivity contribution >= 4 is 23.1 Å². The molecule has 3 aromatic carbocycles. The van der Waals surface area contributed by atoms with Crippen molar-refractivity contribution in [1.29, 1.82) is 0 Å². The second-order valence-electron chi connectivity index (χ2n) is 7.83. The van der Waals surface area contributed by atoms with Gasteiger partial charge in [-0.2, -0.15) is 0 Å². The Morgan fingerprint density at radius 3 is 2.23 bits per heavy atom. The molecule has 1 N–H and O–H groups in total. The quantitative estimate of drug-likeness (QED) is 0.588. The minimum absolute atomic E-state index is 0.127. The van der Waals surface area contributed by atoms with Crippen LogP contribution >= 0.6 is 0 Å². The van der Waals surface area contributed by atoms with Gasteiger partial charge in [-0.15, -0.1) is 0 Å². The van der Waals surface area contributed by atoms with Crippen LogP contribution in [0.25, 0.3) is 5.57 Å². The summed E-state index contributed by atoms with van der Waals surface area (Å²) in [6.07, 6.45) is 0. The molecule has 0 saturated carbocycles. The van der Waals surface area contributed by atoms with E-state index in [1.54, 1.807) is 18.2 Å². The Balaban J connectivity index is 1.76. The van der Waals surface area contributed by atoms with Crippen LogP contribution in [0.4, 0.5) is 10.1 Å². The Labute approximate surface area is 181 Å². The average molecular weight is 414 g/mol. The van der Waals surface area contributed by atoms with Gasteiger partial charge in [0.2, 0.25) is 0 Å². The van der Waals surface area contributed by atoms with Crippen molar-refractivity contribution in [3.63, 3.8) is 0 Å². The van der Waals surface area contributed by atoms with Crippen LogP contribution < -0.4 is 5.32 Å². The maximum Gasteiger partial charge on any atom is 0.278 e. The van der Waals surface area contributed by atoms with Crippen molar-refractivity contribution in [2.75, 3.05) is 5.32 Å². The fourth-order valence-electron chi connectivity index (χ4n) is 3.58. The molecule has 0 saturated heterocycles. The number of carbonyl (C=O) groups excluding carboxylic acids is 2. The lowest BCUT2D eigenvalue weighted by atomic mass is 10.0. The molecule has 0 spiro atoms. The molecule has 0 unspecified atom stereocenters. The molecule has 1 aliphatic rings. The van der Waals surface area contributed by atoms with Gasteiger partial charge in [0.25, 0.3) is 11.8 Å². The number of nitrogens with zero attached hydrogens (tertiary/aromatic N) is 1. The van der Waals surface area contributed by atoms with Crippen LogP contribution in [0, 0.1) is 26.6 Å². The summed E-state index contributed by atoms with van der Waals surface area (Å²) in [7, 11) is 0. The summed E-state index contributed by atoms with van der Waals surface area (Å²) < 4.78 is 14.2. The predicted octanol–water partition coefficient (Wildman–Crippen LogP) is 5.14. The molecule has 5 heteroatoms. The molecule has 0 atom stereocenters. The second kappa shape index (κ2) is 8.19. The van der Waals surface area contributed by atoms with Crippen LogP contribution in [-0.2, 0) is 16.1 Å². The topological polar surface area (TPSA) is 49.4 Å². The van der Waals surface area contributed by atoms with Crippen LogP contribution in [-0.4, -0.2) is 16.7 Å². The lowest BCUT2D eigenvalue weighted by Gasteiger charge is -2.16. The van der Waals surface area contributed by atoms with E-state index in [2.05, 4.69) is 5.32 Å². The molecule has 0 aromatic heterocycles. The number of imide groups is 1. The predicted molar refractivity (Wildman–Crippen MR) is 120 cm³/mol. The first-order chi connectivity index (χ1) is 14.8. The zero-order valence-electron chi connectivity index (χ0n) is 17.7. The van der Waals surface area contributed by atoms with Crippen molar-refractivity contribution in [3.05, 3.63) is 106 Å². The molecule has 31 heavy (non-hydrogen) atoms. The number of halogens is 1. The number of rotatable bonds is 5. The van der Waals surface area contributed by atoms with Gasteiger partial charge in [0.05, 0.1) is 12.1 Å². The molecule has 1 heterocycles. The zero-order chi connectivity index (χ0) is 22.1. The lowest BCUT2D eigenvalue weighted by molar-refractivity contribution is -0.137. The first-order valence-corrected chi connectivity index (χ1v) is 10.1. The Morgan fingerprint density at radius 1 is 0.839 bits per heavy atom. The minimum Gasteiger partial charge on any atom is -0.350 e. The average Bonchev–Trinajstić information content (AvgIpc) is 2.97. The highest BCUT2D eigenvalue weighted by molar-refractivity contribution is 6.36. The van der Waals surface area contributed by atoms with E-state index in [0.717, 1.165) is 27.3 Å². The van der Waals surface area contributed by atoms with Crippen LogP contribution in [0.3, 0.4) is 0 Å². The van der Waals surface area contributed by atoms with E-state index < -0.39 is 17.6 Å². The Hall–Kier alpha value is -3.73. The highest BCUT2D eigenvalue weighted by Gasteiger charge is 2.39. The summed E-state index contributed by atoms with van der Waals surface area (Å²) in [5.41, 5.74) is 5.40. The second-order valence-corrected chi connectivity index (χ2v) is 7.83. The smallest absolute Gasteiger partial charge is 0.278 e. The number of carbonyl (C=O) groups is 2. The van der Waals surface area contributed by atoms with Gasteiger partial charge in [-0.25, -0.2) is 4.39 Å². The molecular weight excluding hydrogens is 391 g/mol. The fourth-order valence-corrected chi connectivity index (χ4v) is 3.58. The first kappa shape index (κ1) is 20.5. The van der Waals surface area contributed by atoms with Crippen LogP contribution in [0.15, 0.2) is 72.4 Å². The molecule has 3 aromatic rings. The van der Waals surface area contributed by atoms with Gasteiger partial charge in [0, 0.05) is 11.3 Å². The van der Waals surface area contributed by atoms with Gasteiger partial charge in [-0.3, -0.25) is 14.5 Å². The van der Waals surface area contributed by atoms with Gasteiger partial charge in [0.1, 0.15) is 11.5 Å². The van der Waals surface area contributed by atoms with Crippen LogP contribution in [0.2, 0.25) is 0 Å². The van der Waals surface area contributed by atoms with Crippen LogP contribution in [0.1, 0.15) is 27.8 Å². The standard InChI is InChI=1S/C26H23FN2O2/c1-16-8-11-19(12-9-16)23-24(28-21-13-10-17(2)18(3)14-21)26(31)29(25(23)30)15-20-6-4-5-7-22(20)27/h4-14,28H,15H2,1-3H3. The summed E-state index contributed by atoms with van der Waals surface area (Å²) in [5, 5.41) is 3.16. The molecule has 2 amide bonds. The summed E-state index contributed by atoms with van der Waals surface area (Å²) >= 11 is 0. The van der Waals surface area contributed by atoms with Crippen molar-refractivity contribution in [2.45, 2.75) is 27.3 Å². The molecule has 4 nitrogen and oxygen atoms in total. The Bertz CT molecular complexity index is 1210. The summed E-state index contributed by atoms with van der Waals surface area (Å²) in [5.74, 6) is -1.36. The van der Waals surface area contributed by atoms with Gasteiger partial charge < -0.3 is 5.32 Å². The molecule has 0 aliphatic carbocycles. The summed E-state index contributed by atoms with van der Waals surface area (Å²) in [6, 6.07) is 19.4. The third-order valence-electron chi connectivity index (χ3n) is 5.57. The molecule has 0 bridgehead atoms. The fraction of sp³-hybridized carbons (Fsp3) is 0.154. The van der Waals surface area contributed by atoms with E-state index in [1.807, 2.05) is 63.2 Å². The zero-order valence-corrected chi connectivity index (χ0v) is 17.7. The highest BCUT2D eigenvalue weighted by atomic mass is 19.1. The van der Waals surface area contributed by atoms with Crippen molar-refractivity contribution in [2.24, 2.45) is 0 Å². The molecule has 1 aliphatic heterocycles. The normalized spacial score (nSPS) is 13.9. The lowest BCUT2D eigenvalue weighted by Crippen LogP contribution is -2.32. The van der Waals surface area contributed by atoms with E-state index in [-0.39, 0.29) is 12.2 Å². The van der Waals surface area contributed by atoms with E-state index >= 15 is 0 Å². The number of aryl methyl sites for hydroxylation is 3. The maximum atomic E-state index is 14.2. The molecular formula is C26H23FN2O2. The van der Waals surface area contributed by atoms with Crippen LogP contribution in [0.5, 0.6) is 0 Å². The maximum absolute atomic E-state index is 14.2. The monoisotopic (exact) mass is 414 g/mol. The number of amides is 2. The first-order valence-electron chi connectivity index (χ1n) is 10.1. The summed E-state index contributed by atoms with van der Waals surface area (Å²) in [4.78, 5) is 27.7. The number of hydrogen-bond donors (Lipinski definition) is 1. The SMILES string of the molecule is Cc1ccc(C2=C(Nc3ccc(C)c(C)c3)C(=O)N(Cc3ccccc3F)C2=O)cc1. The van der Waals surface area contributed by atoms with Gasteiger partial charge in [-0.05, 0) is 55.7 Å². The molecule has 4 rings (SSSR count). The minimum atomic E-state index is -0.470. The third kappa shape index (κ3) is 3.99. The largest absolute Gasteiger partial charge is 0.350 e. The molecule has 0 fully saturated rings. The Morgan fingerprint density at radius 2 is 1.55 bits per heavy atom. The molecule has 156 valence electrons. The van der Waals surface area contributed by atoms with Gasteiger partial charge in [0.15, 0.2) is 0 Å². The van der Waals surface area contributed by atoms with Gasteiger partial charge in [-0.1, -0.05) is 54.1 Å². The van der Waals surface area contributed by atoms with Crippen molar-refractivity contribution in [3.8, 4) is 0 Å². The van der Waals surface area contributed by atoms with E-state index in [0.29, 0.717) is 16.7 Å². The van der Waals surface area contributed by atoms with E-state index in [9.17, 15) is 14.0 Å². The summed E-state index contributed by atoms with van der Waals surface area (Å²) in [6.45, 7) is 5.83.